The van der Waals surface area contributed by atoms with Crippen LogP contribution in [-0.4, -0.2) is 25.9 Å². The van der Waals surface area contributed by atoms with Crippen molar-refractivity contribution >= 4 is 23.4 Å². The van der Waals surface area contributed by atoms with E-state index in [2.05, 4.69) is 19.7 Å². The van der Waals surface area contributed by atoms with Gasteiger partial charge < -0.3 is 9.72 Å². The average Bonchev–Trinajstić information content (AvgIpc) is 2.86. The Labute approximate surface area is 125 Å². The predicted octanol–water partition coefficient (Wildman–Crippen LogP) is 2.67. The molecule has 0 aliphatic rings. The lowest BCUT2D eigenvalue weighted by Crippen LogP contribution is -2.17. The minimum absolute atomic E-state index is 0.00811. The number of halogens is 3. The zero-order valence-corrected chi connectivity index (χ0v) is 11.5. The largest absolute Gasteiger partial charge is 0.573 e. The van der Waals surface area contributed by atoms with Crippen LogP contribution in [-0.2, 0) is 0 Å². The fourth-order valence-corrected chi connectivity index (χ4v) is 2.28. The lowest BCUT2D eigenvalue weighted by molar-refractivity contribution is -0.274. The summed E-state index contributed by atoms with van der Waals surface area (Å²) in [5, 5.41) is 0. The van der Waals surface area contributed by atoms with Gasteiger partial charge in [-0.2, -0.15) is 0 Å². The van der Waals surface area contributed by atoms with Gasteiger partial charge in [0.15, 0.2) is 10.4 Å². The molecule has 0 radical (unpaired) electrons. The van der Waals surface area contributed by atoms with Crippen LogP contribution in [0.1, 0.15) is 0 Å². The molecule has 0 bridgehead atoms. The second-order valence-electron chi connectivity index (χ2n) is 4.24. The number of rotatable bonds is 2. The maximum Gasteiger partial charge on any atom is 0.573 e. The van der Waals surface area contributed by atoms with Gasteiger partial charge in [0.1, 0.15) is 11.3 Å². The fraction of sp³-hybridized carbons (Fsp3) is 0.0833. The number of imidazole rings is 1. The molecule has 3 aromatic rings. The lowest BCUT2D eigenvalue weighted by Gasteiger charge is -2.12. The summed E-state index contributed by atoms with van der Waals surface area (Å²) in [5.41, 5.74) is 0.185. The van der Waals surface area contributed by atoms with Gasteiger partial charge in [0, 0.05) is 6.07 Å². The number of fused-ring (bicyclic) bond motifs is 1. The number of ether oxygens (including phenoxy) is 1. The summed E-state index contributed by atoms with van der Waals surface area (Å²) >= 11 is 5.06. The van der Waals surface area contributed by atoms with Crippen molar-refractivity contribution in [1.29, 1.82) is 0 Å². The molecule has 2 aromatic heterocycles. The minimum Gasteiger partial charge on any atom is -0.406 e. The zero-order valence-electron chi connectivity index (χ0n) is 10.6. The molecule has 0 saturated carbocycles. The SMILES string of the molecule is O=c1[nH]c(=S)n(-c2cccc(OC(F)(F)F)c2)c2nc[nH]c12. The van der Waals surface area contributed by atoms with E-state index in [0.717, 1.165) is 12.1 Å². The topological polar surface area (TPSA) is 75.7 Å². The number of aromatic amines is 2. The highest BCUT2D eigenvalue weighted by atomic mass is 32.1. The Morgan fingerprint density at radius 1 is 1.32 bits per heavy atom. The second-order valence-corrected chi connectivity index (χ2v) is 4.63. The highest BCUT2D eigenvalue weighted by Crippen LogP contribution is 2.25. The molecule has 0 atom stereocenters. The summed E-state index contributed by atoms with van der Waals surface area (Å²) < 4.78 is 42.1. The molecule has 0 saturated heterocycles. The van der Waals surface area contributed by atoms with E-state index in [1.807, 2.05) is 0 Å². The minimum atomic E-state index is -4.80. The molecular weight excluding hydrogens is 321 g/mol. The highest BCUT2D eigenvalue weighted by molar-refractivity contribution is 7.71. The molecule has 2 N–H and O–H groups in total. The van der Waals surface area contributed by atoms with Crippen LogP contribution in [0.2, 0.25) is 0 Å². The van der Waals surface area contributed by atoms with Crippen molar-refractivity contribution in [2.75, 3.05) is 0 Å². The molecule has 6 nitrogen and oxygen atoms in total. The van der Waals surface area contributed by atoms with Crippen molar-refractivity contribution in [2.45, 2.75) is 6.36 Å². The molecule has 114 valence electrons. The van der Waals surface area contributed by atoms with Crippen molar-refractivity contribution in [3.05, 3.63) is 45.7 Å². The fourth-order valence-electron chi connectivity index (χ4n) is 1.99. The summed E-state index contributed by atoms with van der Waals surface area (Å²) in [7, 11) is 0. The maximum atomic E-state index is 12.3. The smallest absolute Gasteiger partial charge is 0.406 e. The van der Waals surface area contributed by atoms with E-state index in [9.17, 15) is 18.0 Å². The van der Waals surface area contributed by atoms with Gasteiger partial charge in [0.2, 0.25) is 0 Å². The number of hydrogen-bond donors (Lipinski definition) is 2. The Balaban J connectivity index is 2.20. The van der Waals surface area contributed by atoms with Crippen LogP contribution in [0.3, 0.4) is 0 Å². The third-order valence-corrected chi connectivity index (χ3v) is 3.08. The number of aromatic nitrogens is 4. The first-order valence-electron chi connectivity index (χ1n) is 5.90. The van der Waals surface area contributed by atoms with Gasteiger partial charge in [-0.3, -0.25) is 14.3 Å². The Kier molecular flexibility index (Phi) is 3.24. The third kappa shape index (κ3) is 2.60. The van der Waals surface area contributed by atoms with Crippen molar-refractivity contribution in [3.8, 4) is 11.4 Å². The number of nitrogens with zero attached hydrogens (tertiary/aromatic N) is 2. The zero-order chi connectivity index (χ0) is 15.9. The normalized spacial score (nSPS) is 11.8. The first kappa shape index (κ1) is 14.3. The summed E-state index contributed by atoms with van der Waals surface area (Å²) in [6.07, 6.45) is -3.51. The molecular formula is C12H7F3N4O2S. The van der Waals surface area contributed by atoms with Crippen LogP contribution < -0.4 is 10.3 Å². The molecule has 0 amide bonds. The Hall–Kier alpha value is -2.62. The molecule has 22 heavy (non-hydrogen) atoms. The van der Waals surface area contributed by atoms with E-state index < -0.39 is 17.7 Å². The van der Waals surface area contributed by atoms with Gasteiger partial charge in [-0.05, 0) is 24.4 Å². The van der Waals surface area contributed by atoms with Crippen molar-refractivity contribution < 1.29 is 17.9 Å². The Morgan fingerprint density at radius 3 is 2.82 bits per heavy atom. The van der Waals surface area contributed by atoms with Crippen molar-refractivity contribution in [1.82, 2.24) is 19.5 Å². The first-order chi connectivity index (χ1) is 10.3. The number of nitrogens with one attached hydrogen (secondary N) is 2. The van der Waals surface area contributed by atoms with Gasteiger partial charge in [0.25, 0.3) is 5.56 Å². The van der Waals surface area contributed by atoms with E-state index in [1.54, 1.807) is 0 Å². The summed E-state index contributed by atoms with van der Waals surface area (Å²) in [5.74, 6) is -0.401. The third-order valence-electron chi connectivity index (χ3n) is 2.79. The summed E-state index contributed by atoms with van der Waals surface area (Å²) in [4.78, 5) is 20.8. The van der Waals surface area contributed by atoms with Gasteiger partial charge in [0.05, 0.1) is 12.0 Å². The van der Waals surface area contributed by atoms with Crippen LogP contribution >= 0.6 is 12.2 Å². The highest BCUT2D eigenvalue weighted by Gasteiger charge is 2.31. The number of alkyl halides is 3. The van der Waals surface area contributed by atoms with E-state index in [4.69, 9.17) is 12.2 Å². The van der Waals surface area contributed by atoms with Crippen LogP contribution in [0, 0.1) is 4.77 Å². The summed E-state index contributed by atoms with van der Waals surface area (Å²) in [6, 6.07) is 5.21. The Morgan fingerprint density at radius 2 is 2.09 bits per heavy atom. The summed E-state index contributed by atoms with van der Waals surface area (Å²) in [6.45, 7) is 0. The molecule has 0 aliphatic heterocycles. The van der Waals surface area contributed by atoms with E-state index >= 15 is 0 Å². The average molecular weight is 328 g/mol. The Bertz CT molecular complexity index is 957. The second kappa shape index (κ2) is 4.98. The van der Waals surface area contributed by atoms with Gasteiger partial charge in [-0.1, -0.05) is 6.07 Å². The molecule has 2 heterocycles. The molecule has 0 spiro atoms. The van der Waals surface area contributed by atoms with Crippen LogP contribution in [0.5, 0.6) is 5.75 Å². The standard InChI is InChI=1S/C12H7F3N4O2S/c13-12(14,15)21-7-3-1-2-6(4-7)19-9-8(16-5-17-9)10(20)18-11(19)22/h1-5H,(H,16,17)(H,18,20,22). The predicted molar refractivity (Wildman–Crippen MR) is 73.6 cm³/mol. The van der Waals surface area contributed by atoms with Crippen LogP contribution in [0.25, 0.3) is 16.9 Å². The van der Waals surface area contributed by atoms with Gasteiger partial charge in [-0.15, -0.1) is 13.2 Å². The number of benzene rings is 1. The number of H-pyrrole nitrogens is 2. The number of hydrogen-bond acceptors (Lipinski definition) is 4. The molecule has 0 aliphatic carbocycles. The van der Waals surface area contributed by atoms with Crippen LogP contribution in [0.15, 0.2) is 35.4 Å². The lowest BCUT2D eigenvalue weighted by atomic mass is 10.3. The molecule has 10 heteroatoms. The van der Waals surface area contributed by atoms with Crippen molar-refractivity contribution in [2.24, 2.45) is 0 Å². The monoisotopic (exact) mass is 328 g/mol. The molecule has 0 unspecified atom stereocenters. The van der Waals surface area contributed by atoms with Crippen molar-refractivity contribution in [3.63, 3.8) is 0 Å². The molecule has 0 fully saturated rings. The molecule has 3 rings (SSSR count). The van der Waals surface area contributed by atoms with Gasteiger partial charge in [-0.25, -0.2) is 4.98 Å². The maximum absolute atomic E-state index is 12.3. The quantitative estimate of drug-likeness (QED) is 0.709. The van der Waals surface area contributed by atoms with Crippen LogP contribution in [0.4, 0.5) is 13.2 Å². The van der Waals surface area contributed by atoms with E-state index in [-0.39, 0.29) is 21.6 Å². The molecule has 1 aromatic carbocycles. The van der Waals surface area contributed by atoms with E-state index in [1.165, 1.54) is 23.0 Å². The van der Waals surface area contributed by atoms with E-state index in [0.29, 0.717) is 0 Å². The van der Waals surface area contributed by atoms with Gasteiger partial charge >= 0.3 is 6.36 Å². The first-order valence-corrected chi connectivity index (χ1v) is 6.30.